The van der Waals surface area contributed by atoms with Gasteiger partial charge in [-0.1, -0.05) is 6.92 Å². The van der Waals surface area contributed by atoms with Crippen molar-refractivity contribution in [3.8, 4) is 0 Å². The van der Waals surface area contributed by atoms with Gasteiger partial charge < -0.3 is 10.1 Å². The Bertz CT molecular complexity index is 188. The first kappa shape index (κ1) is 12.3. The predicted octanol–water partition coefficient (Wildman–Crippen LogP) is 1.49. The average Bonchev–Trinajstić information content (AvgIpc) is 3.15. The van der Waals surface area contributed by atoms with E-state index in [1.165, 1.54) is 38.8 Å². The van der Waals surface area contributed by atoms with Crippen LogP contribution >= 0.6 is 0 Å². The topological polar surface area (TPSA) is 24.5 Å². The van der Waals surface area contributed by atoms with Crippen LogP contribution in [0.2, 0.25) is 0 Å². The van der Waals surface area contributed by atoms with Crippen LogP contribution in [0.5, 0.6) is 0 Å². The lowest BCUT2D eigenvalue weighted by molar-refractivity contribution is 0.0546. The van der Waals surface area contributed by atoms with E-state index in [-0.39, 0.29) is 0 Å². The van der Waals surface area contributed by atoms with Crippen molar-refractivity contribution in [1.82, 2.24) is 10.2 Å². The maximum Gasteiger partial charge on any atom is 0.0506 e. The summed E-state index contributed by atoms with van der Waals surface area (Å²) in [5.41, 5.74) is 0. The quantitative estimate of drug-likeness (QED) is 0.666. The highest BCUT2D eigenvalue weighted by molar-refractivity contribution is 4.84. The molecule has 1 N–H and O–H groups in total. The fourth-order valence-corrected chi connectivity index (χ4v) is 2.54. The van der Waals surface area contributed by atoms with Gasteiger partial charge in [-0.2, -0.15) is 0 Å². The molecule has 0 spiro atoms. The molecular weight excluding hydrogens is 200 g/mol. The number of ether oxygens (including phenoxy) is 1. The second-order valence-electron chi connectivity index (χ2n) is 5.15. The molecule has 2 aliphatic rings. The summed E-state index contributed by atoms with van der Waals surface area (Å²) < 4.78 is 5.48. The van der Waals surface area contributed by atoms with E-state index in [4.69, 9.17) is 4.74 Å². The van der Waals surface area contributed by atoms with Crippen molar-refractivity contribution >= 4 is 0 Å². The van der Waals surface area contributed by atoms with Crippen molar-refractivity contribution in [3.05, 3.63) is 0 Å². The zero-order chi connectivity index (χ0) is 11.2. The van der Waals surface area contributed by atoms with Crippen LogP contribution in [-0.4, -0.2) is 50.3 Å². The number of nitrogens with zero attached hydrogens (tertiary/aromatic N) is 1. The van der Waals surface area contributed by atoms with Crippen LogP contribution in [0.1, 0.15) is 32.6 Å². The number of hydrogen-bond acceptors (Lipinski definition) is 3. The number of nitrogens with one attached hydrogen (secondary N) is 1. The lowest BCUT2D eigenvalue weighted by atomic mass is 10.0. The number of hydrogen-bond donors (Lipinski definition) is 1. The van der Waals surface area contributed by atoms with Gasteiger partial charge in [0.1, 0.15) is 0 Å². The van der Waals surface area contributed by atoms with E-state index >= 15 is 0 Å². The molecule has 94 valence electrons. The summed E-state index contributed by atoms with van der Waals surface area (Å²) >= 11 is 0. The lowest BCUT2D eigenvalue weighted by Gasteiger charge is -2.24. The zero-order valence-electron chi connectivity index (χ0n) is 10.6. The van der Waals surface area contributed by atoms with Crippen molar-refractivity contribution < 1.29 is 4.74 Å². The average molecular weight is 226 g/mol. The van der Waals surface area contributed by atoms with E-state index in [2.05, 4.69) is 17.1 Å². The maximum absolute atomic E-state index is 5.48. The summed E-state index contributed by atoms with van der Waals surface area (Å²) in [6.07, 6.45) is 5.43. The molecule has 1 saturated carbocycles. The van der Waals surface area contributed by atoms with Gasteiger partial charge in [0, 0.05) is 32.3 Å². The summed E-state index contributed by atoms with van der Waals surface area (Å²) in [4.78, 5) is 2.60. The summed E-state index contributed by atoms with van der Waals surface area (Å²) in [6, 6.07) is 0.907. The monoisotopic (exact) mass is 226 g/mol. The van der Waals surface area contributed by atoms with Gasteiger partial charge in [0.25, 0.3) is 0 Å². The lowest BCUT2D eigenvalue weighted by Crippen LogP contribution is -2.36. The third-order valence-electron chi connectivity index (χ3n) is 3.73. The number of rotatable bonds is 7. The molecular formula is C13H26N2O. The van der Waals surface area contributed by atoms with E-state index in [0.717, 1.165) is 38.3 Å². The van der Waals surface area contributed by atoms with E-state index in [9.17, 15) is 0 Å². The Morgan fingerprint density at radius 1 is 1.31 bits per heavy atom. The molecule has 0 bridgehead atoms. The highest BCUT2D eigenvalue weighted by Crippen LogP contribution is 2.25. The molecule has 16 heavy (non-hydrogen) atoms. The van der Waals surface area contributed by atoms with Gasteiger partial charge in [0.15, 0.2) is 0 Å². The number of likely N-dealkylation sites (N-methyl/N-ethyl adjacent to an activating group) is 1. The van der Waals surface area contributed by atoms with Crippen LogP contribution in [0.15, 0.2) is 0 Å². The van der Waals surface area contributed by atoms with Gasteiger partial charge in [-0.3, -0.25) is 4.90 Å². The molecule has 0 aromatic rings. The molecule has 1 heterocycles. The third-order valence-corrected chi connectivity index (χ3v) is 3.73. The fraction of sp³-hybridized carbons (Fsp3) is 1.00. The molecule has 3 nitrogen and oxygen atoms in total. The van der Waals surface area contributed by atoms with E-state index in [0.29, 0.717) is 0 Å². The SMILES string of the molecule is CCN(CCNCC1CCCOC1)C1CC1. The fourth-order valence-electron chi connectivity index (χ4n) is 2.54. The highest BCUT2D eigenvalue weighted by atomic mass is 16.5. The summed E-state index contributed by atoms with van der Waals surface area (Å²) in [7, 11) is 0. The first-order valence-electron chi connectivity index (χ1n) is 6.92. The molecule has 1 atom stereocenters. The minimum atomic E-state index is 0.754. The largest absolute Gasteiger partial charge is 0.381 e. The summed E-state index contributed by atoms with van der Waals surface area (Å²) in [6.45, 7) is 8.92. The maximum atomic E-state index is 5.48. The van der Waals surface area contributed by atoms with Crippen molar-refractivity contribution in [2.24, 2.45) is 5.92 Å². The summed E-state index contributed by atoms with van der Waals surface area (Å²) in [5, 5.41) is 3.58. The van der Waals surface area contributed by atoms with Crippen molar-refractivity contribution in [2.45, 2.75) is 38.6 Å². The third kappa shape index (κ3) is 4.04. The normalized spacial score (nSPS) is 26.2. The molecule has 1 unspecified atom stereocenters. The van der Waals surface area contributed by atoms with Gasteiger partial charge >= 0.3 is 0 Å². The minimum absolute atomic E-state index is 0.754. The van der Waals surface area contributed by atoms with Gasteiger partial charge in [0.05, 0.1) is 6.61 Å². The molecule has 0 radical (unpaired) electrons. The van der Waals surface area contributed by atoms with Crippen LogP contribution in [0.3, 0.4) is 0 Å². The van der Waals surface area contributed by atoms with Crippen molar-refractivity contribution in [1.29, 1.82) is 0 Å². The Hall–Kier alpha value is -0.120. The molecule has 1 aliphatic heterocycles. The van der Waals surface area contributed by atoms with Gasteiger partial charge in [-0.05, 0) is 38.1 Å². The highest BCUT2D eigenvalue weighted by Gasteiger charge is 2.27. The van der Waals surface area contributed by atoms with E-state index < -0.39 is 0 Å². The molecule has 3 heteroatoms. The molecule has 0 aromatic heterocycles. The van der Waals surface area contributed by atoms with E-state index in [1.807, 2.05) is 0 Å². The Morgan fingerprint density at radius 2 is 2.19 bits per heavy atom. The second-order valence-corrected chi connectivity index (χ2v) is 5.15. The standard InChI is InChI=1S/C13H26N2O/c1-2-15(13-5-6-13)8-7-14-10-12-4-3-9-16-11-12/h12-14H,2-11H2,1H3. The second kappa shape index (κ2) is 6.58. The van der Waals surface area contributed by atoms with E-state index in [1.54, 1.807) is 0 Å². The molecule has 0 aromatic carbocycles. The predicted molar refractivity (Wildman–Crippen MR) is 66.7 cm³/mol. The van der Waals surface area contributed by atoms with Crippen LogP contribution in [-0.2, 0) is 4.74 Å². The van der Waals surface area contributed by atoms with Crippen molar-refractivity contribution in [3.63, 3.8) is 0 Å². The Kier molecular flexibility index (Phi) is 5.07. The van der Waals surface area contributed by atoms with Gasteiger partial charge in [-0.25, -0.2) is 0 Å². The summed E-state index contributed by atoms with van der Waals surface area (Å²) in [5.74, 6) is 0.754. The molecule has 2 rings (SSSR count). The molecule has 0 amide bonds. The van der Waals surface area contributed by atoms with Gasteiger partial charge in [-0.15, -0.1) is 0 Å². The van der Waals surface area contributed by atoms with Crippen LogP contribution in [0, 0.1) is 5.92 Å². The minimum Gasteiger partial charge on any atom is -0.381 e. The Labute approximate surface area is 99.5 Å². The smallest absolute Gasteiger partial charge is 0.0506 e. The molecule has 1 saturated heterocycles. The first-order valence-corrected chi connectivity index (χ1v) is 6.92. The zero-order valence-corrected chi connectivity index (χ0v) is 10.6. The van der Waals surface area contributed by atoms with Crippen LogP contribution in [0.4, 0.5) is 0 Å². The van der Waals surface area contributed by atoms with Crippen molar-refractivity contribution in [2.75, 3.05) is 39.4 Å². The Morgan fingerprint density at radius 3 is 2.81 bits per heavy atom. The van der Waals surface area contributed by atoms with Gasteiger partial charge in [0.2, 0.25) is 0 Å². The Balaban J connectivity index is 1.50. The first-order chi connectivity index (χ1) is 7.90. The van der Waals surface area contributed by atoms with Crippen LogP contribution in [0.25, 0.3) is 0 Å². The van der Waals surface area contributed by atoms with Crippen LogP contribution < -0.4 is 5.32 Å². The molecule has 2 fully saturated rings. The molecule has 1 aliphatic carbocycles.